The first kappa shape index (κ1) is 16.7. The number of aromatic nitrogens is 2. The van der Waals surface area contributed by atoms with Gasteiger partial charge in [0.05, 0.1) is 18.4 Å². The number of anilines is 3. The highest BCUT2D eigenvalue weighted by atomic mass is 16.5. The molecule has 23 heavy (non-hydrogen) atoms. The molecule has 0 spiro atoms. The van der Waals surface area contributed by atoms with Crippen molar-refractivity contribution in [3.8, 4) is 0 Å². The van der Waals surface area contributed by atoms with Crippen molar-refractivity contribution in [3.05, 3.63) is 41.6 Å². The highest BCUT2D eigenvalue weighted by Crippen LogP contribution is 2.21. The monoisotopic (exact) mass is 314 g/mol. The van der Waals surface area contributed by atoms with E-state index < -0.39 is 5.97 Å². The van der Waals surface area contributed by atoms with E-state index in [9.17, 15) is 4.79 Å². The predicted molar refractivity (Wildman–Crippen MR) is 91.2 cm³/mol. The molecule has 1 heterocycles. The quantitative estimate of drug-likeness (QED) is 0.794. The number of benzene rings is 1. The second kappa shape index (κ2) is 7.58. The molecule has 6 heteroatoms. The summed E-state index contributed by atoms with van der Waals surface area (Å²) in [6.45, 7) is 6.11. The van der Waals surface area contributed by atoms with Crippen molar-refractivity contribution in [1.82, 2.24) is 9.97 Å². The molecule has 0 radical (unpaired) electrons. The van der Waals surface area contributed by atoms with Crippen molar-refractivity contribution in [2.24, 2.45) is 0 Å². The van der Waals surface area contributed by atoms with E-state index in [1.54, 1.807) is 18.2 Å². The summed E-state index contributed by atoms with van der Waals surface area (Å²) in [5.41, 5.74) is 1.89. The maximum atomic E-state index is 11.8. The van der Waals surface area contributed by atoms with Gasteiger partial charge in [-0.1, -0.05) is 19.1 Å². The van der Waals surface area contributed by atoms with Gasteiger partial charge in [-0.05, 0) is 32.4 Å². The van der Waals surface area contributed by atoms with E-state index in [-0.39, 0.29) is 0 Å². The van der Waals surface area contributed by atoms with E-state index >= 15 is 0 Å². The third kappa shape index (κ3) is 4.42. The summed E-state index contributed by atoms with van der Waals surface area (Å²) in [6, 6.07) is 9.32. The molecule has 0 fully saturated rings. The molecule has 122 valence electrons. The van der Waals surface area contributed by atoms with Crippen LogP contribution < -0.4 is 10.6 Å². The van der Waals surface area contributed by atoms with Crippen molar-refractivity contribution in [3.63, 3.8) is 0 Å². The number of carbonyl (C=O) groups excluding carboxylic acids is 1. The lowest BCUT2D eigenvalue weighted by molar-refractivity contribution is 0.0602. The van der Waals surface area contributed by atoms with Crippen LogP contribution in [0, 0.1) is 6.92 Å². The second-order valence-electron chi connectivity index (χ2n) is 5.33. The Kier molecular flexibility index (Phi) is 5.51. The maximum absolute atomic E-state index is 11.8. The highest BCUT2D eigenvalue weighted by molar-refractivity contribution is 5.96. The number of hydrogen-bond acceptors (Lipinski definition) is 6. The molecule has 2 N–H and O–H groups in total. The number of nitrogens with one attached hydrogen (secondary N) is 2. The van der Waals surface area contributed by atoms with Crippen LogP contribution in [0.4, 0.5) is 17.5 Å². The summed E-state index contributed by atoms with van der Waals surface area (Å²) in [7, 11) is 1.36. The van der Waals surface area contributed by atoms with E-state index in [4.69, 9.17) is 4.74 Å². The zero-order valence-electron chi connectivity index (χ0n) is 13.9. The van der Waals surface area contributed by atoms with Crippen LogP contribution in [0.3, 0.4) is 0 Å². The maximum Gasteiger partial charge on any atom is 0.339 e. The minimum absolute atomic E-state index is 0.319. The number of ether oxygens (including phenoxy) is 1. The summed E-state index contributed by atoms with van der Waals surface area (Å²) in [5.74, 6) is 0.788. The van der Waals surface area contributed by atoms with E-state index in [0.29, 0.717) is 23.2 Å². The Balaban J connectivity index is 2.28. The smallest absolute Gasteiger partial charge is 0.339 e. The summed E-state index contributed by atoms with van der Waals surface area (Å²) >= 11 is 0. The molecule has 6 nitrogen and oxygen atoms in total. The lowest BCUT2D eigenvalue weighted by atomic mass is 10.2. The number of aryl methyl sites for hydroxylation is 1. The zero-order valence-corrected chi connectivity index (χ0v) is 13.9. The lowest BCUT2D eigenvalue weighted by Gasteiger charge is -2.14. The number of nitrogens with zero attached hydrogens (tertiary/aromatic N) is 2. The van der Waals surface area contributed by atoms with Gasteiger partial charge in [-0.3, -0.25) is 0 Å². The Morgan fingerprint density at radius 3 is 2.74 bits per heavy atom. The molecule has 1 aromatic heterocycles. The van der Waals surface area contributed by atoms with Crippen LogP contribution >= 0.6 is 0 Å². The van der Waals surface area contributed by atoms with Gasteiger partial charge in [0.15, 0.2) is 0 Å². The average Bonchev–Trinajstić information content (AvgIpc) is 2.54. The first-order chi connectivity index (χ1) is 11.0. The van der Waals surface area contributed by atoms with Crippen LogP contribution in [-0.2, 0) is 4.74 Å². The normalized spacial score (nSPS) is 11.7. The number of methoxy groups -OCH3 is 1. The van der Waals surface area contributed by atoms with Gasteiger partial charge < -0.3 is 15.4 Å². The molecule has 0 aliphatic rings. The minimum Gasteiger partial charge on any atom is -0.465 e. The standard InChI is InChI=1S/C17H22N4O2/c1-5-11(2)18-15-10-12(3)19-17(21-15)20-14-9-7-6-8-13(14)16(22)23-4/h6-11H,5H2,1-4H3,(H2,18,19,20,21). The van der Waals surface area contributed by atoms with Crippen molar-refractivity contribution >= 4 is 23.4 Å². The first-order valence-corrected chi connectivity index (χ1v) is 7.60. The van der Waals surface area contributed by atoms with E-state index in [1.165, 1.54) is 7.11 Å². The average molecular weight is 314 g/mol. The molecule has 0 saturated carbocycles. The SMILES string of the molecule is CCC(C)Nc1cc(C)nc(Nc2ccccc2C(=O)OC)n1. The molecular weight excluding hydrogens is 292 g/mol. The van der Waals surface area contributed by atoms with Crippen LogP contribution in [0.2, 0.25) is 0 Å². The summed E-state index contributed by atoms with van der Waals surface area (Å²) in [5, 5.41) is 6.42. The van der Waals surface area contributed by atoms with Gasteiger partial charge in [0, 0.05) is 17.8 Å². The predicted octanol–water partition coefficient (Wildman–Crippen LogP) is 3.53. The zero-order chi connectivity index (χ0) is 16.8. The number of carbonyl (C=O) groups is 1. The third-order valence-electron chi connectivity index (χ3n) is 3.44. The second-order valence-corrected chi connectivity index (χ2v) is 5.33. The Morgan fingerprint density at radius 1 is 1.30 bits per heavy atom. The molecule has 1 unspecified atom stereocenters. The topological polar surface area (TPSA) is 76.1 Å². The van der Waals surface area contributed by atoms with Crippen LogP contribution in [0.1, 0.15) is 36.3 Å². The first-order valence-electron chi connectivity index (χ1n) is 7.60. The molecule has 2 aromatic rings. The largest absolute Gasteiger partial charge is 0.465 e. The molecule has 0 bridgehead atoms. The van der Waals surface area contributed by atoms with Crippen LogP contribution in [0.15, 0.2) is 30.3 Å². The number of para-hydroxylation sites is 1. The lowest BCUT2D eigenvalue weighted by Crippen LogP contribution is -2.15. The van der Waals surface area contributed by atoms with Crippen molar-refractivity contribution < 1.29 is 9.53 Å². The van der Waals surface area contributed by atoms with E-state index in [2.05, 4.69) is 34.4 Å². The van der Waals surface area contributed by atoms with Crippen molar-refractivity contribution in [1.29, 1.82) is 0 Å². The van der Waals surface area contributed by atoms with Crippen LogP contribution in [0.25, 0.3) is 0 Å². The van der Waals surface area contributed by atoms with Gasteiger partial charge in [-0.25, -0.2) is 9.78 Å². The summed E-state index contributed by atoms with van der Waals surface area (Å²) in [4.78, 5) is 20.7. The molecule has 1 aromatic carbocycles. The minimum atomic E-state index is -0.404. The fourth-order valence-electron chi connectivity index (χ4n) is 2.05. The Labute approximate surface area is 136 Å². The summed E-state index contributed by atoms with van der Waals surface area (Å²) in [6.07, 6.45) is 0.997. The molecule has 0 saturated heterocycles. The van der Waals surface area contributed by atoms with Gasteiger partial charge in [0.25, 0.3) is 0 Å². The Bertz CT molecular complexity index is 688. The molecule has 0 aliphatic heterocycles. The highest BCUT2D eigenvalue weighted by Gasteiger charge is 2.12. The number of hydrogen-bond donors (Lipinski definition) is 2. The van der Waals surface area contributed by atoms with Crippen molar-refractivity contribution in [2.75, 3.05) is 17.7 Å². The Morgan fingerprint density at radius 2 is 2.04 bits per heavy atom. The third-order valence-corrected chi connectivity index (χ3v) is 3.44. The molecule has 0 amide bonds. The van der Waals surface area contributed by atoms with Gasteiger partial charge in [0.1, 0.15) is 5.82 Å². The van der Waals surface area contributed by atoms with Gasteiger partial charge in [-0.15, -0.1) is 0 Å². The van der Waals surface area contributed by atoms with Crippen LogP contribution in [-0.4, -0.2) is 29.1 Å². The molecular formula is C17H22N4O2. The summed E-state index contributed by atoms with van der Waals surface area (Å²) < 4.78 is 4.80. The number of esters is 1. The van der Waals surface area contributed by atoms with E-state index in [1.807, 2.05) is 19.1 Å². The van der Waals surface area contributed by atoms with Gasteiger partial charge in [0.2, 0.25) is 5.95 Å². The molecule has 1 atom stereocenters. The van der Waals surface area contributed by atoms with Gasteiger partial charge >= 0.3 is 5.97 Å². The van der Waals surface area contributed by atoms with E-state index in [0.717, 1.165) is 17.9 Å². The number of rotatable bonds is 6. The molecule has 2 rings (SSSR count). The fourth-order valence-corrected chi connectivity index (χ4v) is 2.05. The van der Waals surface area contributed by atoms with Crippen molar-refractivity contribution in [2.45, 2.75) is 33.2 Å². The fraction of sp³-hybridized carbons (Fsp3) is 0.353. The molecule has 0 aliphatic carbocycles. The van der Waals surface area contributed by atoms with Crippen LogP contribution in [0.5, 0.6) is 0 Å². The van der Waals surface area contributed by atoms with Gasteiger partial charge in [-0.2, -0.15) is 4.98 Å². The Hall–Kier alpha value is -2.63.